The number of aromatic nitrogens is 2. The molecule has 0 aliphatic carbocycles. The Labute approximate surface area is 191 Å². The average Bonchev–Trinajstić information content (AvgIpc) is 3.18. The predicted octanol–water partition coefficient (Wildman–Crippen LogP) is 5.91. The molecule has 2 heterocycles. The first-order valence-electron chi connectivity index (χ1n) is 10.2. The van der Waals surface area contributed by atoms with E-state index in [9.17, 15) is 4.79 Å². The number of H-pyrrole nitrogens is 1. The number of amides is 1. The molecule has 1 aliphatic rings. The van der Waals surface area contributed by atoms with Crippen LogP contribution in [0.1, 0.15) is 24.1 Å². The molecule has 2 N–H and O–H groups in total. The van der Waals surface area contributed by atoms with Crippen LogP contribution in [0.5, 0.6) is 0 Å². The molecular weight excluding hydrogens is 435 g/mol. The number of halogens is 2. The highest BCUT2D eigenvalue weighted by Gasteiger charge is 2.24. The molecule has 0 bridgehead atoms. The maximum Gasteiger partial charge on any atom is 0.410 e. The molecule has 3 aromatic rings. The van der Waals surface area contributed by atoms with Gasteiger partial charge in [-0.1, -0.05) is 35.3 Å². The average molecular weight is 459 g/mol. The number of hydrogen-bond acceptors (Lipinski definition) is 4. The number of aromatic amines is 1. The molecule has 1 aliphatic heterocycles. The van der Waals surface area contributed by atoms with Crippen molar-refractivity contribution in [3.63, 3.8) is 0 Å². The van der Waals surface area contributed by atoms with Crippen molar-refractivity contribution in [1.82, 2.24) is 14.9 Å². The Morgan fingerprint density at radius 1 is 1.19 bits per heavy atom. The fourth-order valence-electron chi connectivity index (χ4n) is 3.79. The van der Waals surface area contributed by atoms with E-state index in [4.69, 9.17) is 27.9 Å². The number of piperidine rings is 1. The van der Waals surface area contributed by atoms with Crippen molar-refractivity contribution in [2.75, 3.05) is 18.4 Å². The van der Waals surface area contributed by atoms with E-state index in [-0.39, 0.29) is 12.7 Å². The zero-order chi connectivity index (χ0) is 21.8. The van der Waals surface area contributed by atoms with E-state index in [0.29, 0.717) is 29.2 Å². The van der Waals surface area contributed by atoms with Crippen LogP contribution in [0.15, 0.2) is 48.8 Å². The Morgan fingerprint density at radius 3 is 2.61 bits per heavy atom. The lowest BCUT2D eigenvalue weighted by atomic mass is 10.0. The summed E-state index contributed by atoms with van der Waals surface area (Å²) >= 11 is 12.0. The number of benzene rings is 2. The monoisotopic (exact) mass is 458 g/mol. The van der Waals surface area contributed by atoms with Crippen LogP contribution in [0.3, 0.4) is 0 Å². The van der Waals surface area contributed by atoms with E-state index in [1.807, 2.05) is 13.0 Å². The summed E-state index contributed by atoms with van der Waals surface area (Å²) in [5, 5.41) is 4.64. The molecule has 0 radical (unpaired) electrons. The summed E-state index contributed by atoms with van der Waals surface area (Å²) in [5.74, 6) is 0. The van der Waals surface area contributed by atoms with Crippen molar-refractivity contribution in [1.29, 1.82) is 0 Å². The highest BCUT2D eigenvalue weighted by molar-refractivity contribution is 6.34. The van der Waals surface area contributed by atoms with E-state index in [0.717, 1.165) is 41.0 Å². The third-order valence-electron chi connectivity index (χ3n) is 5.39. The Kier molecular flexibility index (Phi) is 6.68. The van der Waals surface area contributed by atoms with Crippen molar-refractivity contribution >= 4 is 35.0 Å². The molecule has 1 aromatic heterocycles. The summed E-state index contributed by atoms with van der Waals surface area (Å²) < 4.78 is 5.44. The highest BCUT2D eigenvalue weighted by atomic mass is 35.5. The van der Waals surface area contributed by atoms with Gasteiger partial charge in [0.05, 0.1) is 17.7 Å². The quantitative estimate of drug-likeness (QED) is 0.498. The summed E-state index contributed by atoms with van der Waals surface area (Å²) in [6, 6.07) is 13.7. The Bertz CT molecular complexity index is 1040. The van der Waals surface area contributed by atoms with E-state index in [1.54, 1.807) is 29.4 Å². The number of likely N-dealkylation sites (tertiary alicyclic amines) is 1. The fourth-order valence-corrected chi connectivity index (χ4v) is 4.36. The van der Waals surface area contributed by atoms with Gasteiger partial charge >= 0.3 is 6.09 Å². The molecule has 0 unspecified atom stereocenters. The van der Waals surface area contributed by atoms with Gasteiger partial charge in [-0.05, 0) is 55.7 Å². The smallest absolute Gasteiger partial charge is 0.410 e. The van der Waals surface area contributed by atoms with Crippen LogP contribution in [0.25, 0.3) is 11.3 Å². The molecule has 6 nitrogen and oxygen atoms in total. The van der Waals surface area contributed by atoms with E-state index >= 15 is 0 Å². The summed E-state index contributed by atoms with van der Waals surface area (Å²) in [6.45, 7) is 3.43. The van der Waals surface area contributed by atoms with Gasteiger partial charge in [0.1, 0.15) is 6.61 Å². The number of aryl methyl sites for hydroxylation is 1. The first-order chi connectivity index (χ1) is 15.0. The molecule has 0 saturated carbocycles. The van der Waals surface area contributed by atoms with Crippen LogP contribution in [0, 0.1) is 6.92 Å². The second-order valence-electron chi connectivity index (χ2n) is 7.68. The minimum Gasteiger partial charge on any atom is -0.445 e. The normalized spacial score (nSPS) is 14.5. The summed E-state index contributed by atoms with van der Waals surface area (Å²) in [5.41, 5.74) is 4.94. The maximum atomic E-state index is 12.4. The van der Waals surface area contributed by atoms with Crippen molar-refractivity contribution < 1.29 is 9.53 Å². The number of rotatable bonds is 5. The van der Waals surface area contributed by atoms with Crippen molar-refractivity contribution in [2.24, 2.45) is 0 Å². The van der Waals surface area contributed by atoms with Crippen LogP contribution in [0.4, 0.5) is 10.5 Å². The molecule has 4 rings (SSSR count). The van der Waals surface area contributed by atoms with Gasteiger partial charge in [0.25, 0.3) is 0 Å². The first-order valence-corrected chi connectivity index (χ1v) is 11.0. The molecule has 1 saturated heterocycles. The summed E-state index contributed by atoms with van der Waals surface area (Å²) in [4.78, 5) is 21.6. The van der Waals surface area contributed by atoms with Gasteiger partial charge in [-0.2, -0.15) is 0 Å². The zero-order valence-corrected chi connectivity index (χ0v) is 18.7. The molecular formula is C23H24Cl2N4O2. The topological polar surface area (TPSA) is 70.2 Å². The van der Waals surface area contributed by atoms with Crippen LogP contribution in [0.2, 0.25) is 10.0 Å². The number of imidazole rings is 1. The van der Waals surface area contributed by atoms with Crippen LogP contribution >= 0.6 is 23.2 Å². The molecule has 31 heavy (non-hydrogen) atoms. The molecule has 8 heteroatoms. The fraction of sp³-hybridized carbons (Fsp3) is 0.304. The molecule has 1 amide bonds. The molecule has 0 atom stereocenters. The Morgan fingerprint density at radius 2 is 1.94 bits per heavy atom. The van der Waals surface area contributed by atoms with Gasteiger partial charge in [0.15, 0.2) is 0 Å². The van der Waals surface area contributed by atoms with Gasteiger partial charge in [-0.15, -0.1) is 0 Å². The molecule has 2 aromatic carbocycles. The third kappa shape index (κ3) is 5.51. The maximum absolute atomic E-state index is 12.4. The lowest BCUT2D eigenvalue weighted by Crippen LogP contribution is -2.42. The number of carbonyl (C=O) groups excluding carboxylic acids is 1. The zero-order valence-electron chi connectivity index (χ0n) is 17.2. The lowest BCUT2D eigenvalue weighted by molar-refractivity contribution is 0.0882. The second-order valence-corrected chi connectivity index (χ2v) is 8.55. The number of hydrogen-bond donors (Lipinski definition) is 2. The van der Waals surface area contributed by atoms with Crippen LogP contribution in [-0.2, 0) is 11.3 Å². The summed E-state index contributed by atoms with van der Waals surface area (Å²) in [6.07, 6.45) is 3.10. The number of carbonyl (C=O) groups is 1. The van der Waals surface area contributed by atoms with Crippen molar-refractivity contribution in [3.8, 4) is 11.3 Å². The van der Waals surface area contributed by atoms with Crippen LogP contribution in [-0.4, -0.2) is 40.1 Å². The third-order valence-corrected chi connectivity index (χ3v) is 5.83. The number of nitrogens with zero attached hydrogens (tertiary/aromatic N) is 2. The van der Waals surface area contributed by atoms with Crippen molar-refractivity contribution in [3.05, 3.63) is 70.1 Å². The minimum absolute atomic E-state index is 0.150. The Hall–Kier alpha value is -2.70. The number of nitrogens with one attached hydrogen (secondary N) is 2. The standard InChI is InChI=1S/C23H24Cl2N4O2/c1-15-22(27-14-26-15)17-3-2-4-21(11-17)28-20-5-7-29(8-6-20)23(30)31-13-16-9-18(24)12-19(25)10-16/h2-4,9-12,14,20,28H,5-8,13H2,1H3,(H,26,27). The van der Waals surface area contributed by atoms with E-state index in [2.05, 4.69) is 33.5 Å². The van der Waals surface area contributed by atoms with Gasteiger partial charge in [-0.3, -0.25) is 0 Å². The molecule has 1 fully saturated rings. The molecule has 0 spiro atoms. The lowest BCUT2D eigenvalue weighted by Gasteiger charge is -2.32. The van der Waals surface area contributed by atoms with E-state index in [1.165, 1.54) is 0 Å². The SMILES string of the molecule is Cc1nc[nH]c1-c1cccc(NC2CCN(C(=O)OCc3cc(Cl)cc(Cl)c3)CC2)c1. The van der Waals surface area contributed by atoms with Gasteiger partial charge < -0.3 is 19.9 Å². The second kappa shape index (κ2) is 9.62. The molecule has 162 valence electrons. The largest absolute Gasteiger partial charge is 0.445 e. The summed E-state index contributed by atoms with van der Waals surface area (Å²) in [7, 11) is 0. The van der Waals surface area contributed by atoms with E-state index < -0.39 is 0 Å². The number of ether oxygens (including phenoxy) is 1. The predicted molar refractivity (Wildman–Crippen MR) is 124 cm³/mol. The number of anilines is 1. The first kappa shape index (κ1) is 21.5. The van der Waals surface area contributed by atoms with Gasteiger partial charge in [0, 0.05) is 40.4 Å². The minimum atomic E-state index is -0.314. The van der Waals surface area contributed by atoms with Gasteiger partial charge in [-0.25, -0.2) is 9.78 Å². The van der Waals surface area contributed by atoms with Gasteiger partial charge in [0.2, 0.25) is 0 Å². The Balaban J connectivity index is 1.28. The van der Waals surface area contributed by atoms with Crippen molar-refractivity contribution in [2.45, 2.75) is 32.4 Å². The highest BCUT2D eigenvalue weighted by Crippen LogP contribution is 2.25. The van der Waals surface area contributed by atoms with Crippen LogP contribution < -0.4 is 5.32 Å².